The molecule has 0 radical (unpaired) electrons. The van der Waals surface area contributed by atoms with Crippen LogP contribution in [0.2, 0.25) is 0 Å². The van der Waals surface area contributed by atoms with E-state index in [1.807, 2.05) is 6.92 Å². The van der Waals surface area contributed by atoms with Gasteiger partial charge in [0.05, 0.1) is 0 Å². The summed E-state index contributed by atoms with van der Waals surface area (Å²) in [6, 6.07) is 8.74. The van der Waals surface area contributed by atoms with E-state index in [2.05, 4.69) is 30.8 Å². The highest BCUT2D eigenvalue weighted by atomic mass is 14.1. The molecule has 0 unspecified atom stereocenters. The van der Waals surface area contributed by atoms with Crippen molar-refractivity contribution < 1.29 is 0 Å². The Morgan fingerprint density at radius 1 is 1.17 bits per heavy atom. The van der Waals surface area contributed by atoms with E-state index in [1.54, 1.807) is 17.2 Å². The van der Waals surface area contributed by atoms with Gasteiger partial charge in [0.25, 0.3) is 0 Å². The highest BCUT2D eigenvalue weighted by Crippen LogP contribution is 2.20. The van der Waals surface area contributed by atoms with Gasteiger partial charge in [0.1, 0.15) is 0 Å². The van der Waals surface area contributed by atoms with Gasteiger partial charge in [0.2, 0.25) is 0 Å². The van der Waals surface area contributed by atoms with Gasteiger partial charge in [-0.15, -0.1) is 6.58 Å². The second-order valence-electron chi connectivity index (χ2n) is 3.03. The molecule has 1 aromatic rings. The average molecular weight is 160 g/mol. The van der Waals surface area contributed by atoms with Crippen LogP contribution in [0.15, 0.2) is 36.9 Å². The predicted molar refractivity (Wildman–Crippen MR) is 54.3 cm³/mol. The number of benzene rings is 1. The minimum absolute atomic E-state index is 1.30. The molecular weight excluding hydrogens is 144 g/mol. The SMILES string of the molecule is C=CC.c1ccc2c(c1)CCC2. The summed E-state index contributed by atoms with van der Waals surface area (Å²) in [4.78, 5) is 0. The van der Waals surface area contributed by atoms with E-state index in [9.17, 15) is 0 Å². The lowest BCUT2D eigenvalue weighted by Gasteiger charge is -1.93. The fourth-order valence-electron chi connectivity index (χ4n) is 1.51. The second kappa shape index (κ2) is 4.76. The fraction of sp³-hybridized carbons (Fsp3) is 0.333. The van der Waals surface area contributed by atoms with Crippen LogP contribution in [0.3, 0.4) is 0 Å². The highest BCUT2D eigenvalue weighted by molar-refractivity contribution is 5.30. The zero-order valence-electron chi connectivity index (χ0n) is 7.72. The molecule has 1 aliphatic rings. The number of hydrogen-bond acceptors (Lipinski definition) is 0. The topological polar surface area (TPSA) is 0 Å². The molecule has 0 aliphatic heterocycles. The van der Waals surface area contributed by atoms with Crippen LogP contribution in [0.25, 0.3) is 0 Å². The predicted octanol–water partition coefficient (Wildman–Crippen LogP) is 3.37. The molecule has 1 aliphatic carbocycles. The first kappa shape index (κ1) is 9.05. The Balaban J connectivity index is 0.000000213. The molecule has 1 aromatic carbocycles. The molecule has 0 heterocycles. The maximum atomic E-state index is 3.36. The van der Waals surface area contributed by atoms with Crippen molar-refractivity contribution in [1.29, 1.82) is 0 Å². The van der Waals surface area contributed by atoms with Crippen molar-refractivity contribution in [2.75, 3.05) is 0 Å². The molecule has 0 heteroatoms. The number of rotatable bonds is 0. The zero-order chi connectivity index (χ0) is 8.81. The summed E-state index contributed by atoms with van der Waals surface area (Å²) in [5.74, 6) is 0. The molecule has 0 spiro atoms. The van der Waals surface area contributed by atoms with Gasteiger partial charge in [-0.2, -0.15) is 0 Å². The molecular formula is C12H16. The van der Waals surface area contributed by atoms with E-state index in [0.29, 0.717) is 0 Å². The van der Waals surface area contributed by atoms with Gasteiger partial charge in [0.15, 0.2) is 0 Å². The Labute approximate surface area is 74.9 Å². The van der Waals surface area contributed by atoms with Crippen molar-refractivity contribution in [2.24, 2.45) is 0 Å². The van der Waals surface area contributed by atoms with Gasteiger partial charge in [0, 0.05) is 0 Å². The molecule has 0 aromatic heterocycles. The van der Waals surface area contributed by atoms with Crippen LogP contribution in [0.4, 0.5) is 0 Å². The Morgan fingerprint density at radius 2 is 1.58 bits per heavy atom. The first-order chi connectivity index (χ1) is 5.88. The normalized spacial score (nSPS) is 12.8. The lowest BCUT2D eigenvalue weighted by molar-refractivity contribution is 0.912. The molecule has 0 saturated heterocycles. The van der Waals surface area contributed by atoms with Crippen LogP contribution >= 0.6 is 0 Å². The van der Waals surface area contributed by atoms with E-state index in [1.165, 1.54) is 19.3 Å². The van der Waals surface area contributed by atoms with Crippen molar-refractivity contribution in [3.05, 3.63) is 48.0 Å². The maximum Gasteiger partial charge on any atom is -0.0273 e. The van der Waals surface area contributed by atoms with Gasteiger partial charge < -0.3 is 0 Å². The number of hydrogen-bond donors (Lipinski definition) is 0. The van der Waals surface area contributed by atoms with Crippen LogP contribution in [0.5, 0.6) is 0 Å². The lowest BCUT2D eigenvalue weighted by atomic mass is 10.1. The van der Waals surface area contributed by atoms with Crippen LogP contribution in [-0.4, -0.2) is 0 Å². The van der Waals surface area contributed by atoms with E-state index < -0.39 is 0 Å². The summed E-state index contributed by atoms with van der Waals surface area (Å²) >= 11 is 0. The molecule has 0 nitrogen and oxygen atoms in total. The molecule has 64 valence electrons. The minimum Gasteiger partial charge on any atom is -0.103 e. The number of aryl methyl sites for hydroxylation is 2. The maximum absolute atomic E-state index is 3.36. The summed E-state index contributed by atoms with van der Waals surface area (Å²) in [5.41, 5.74) is 3.13. The molecule has 0 N–H and O–H groups in total. The monoisotopic (exact) mass is 160 g/mol. The van der Waals surface area contributed by atoms with Crippen molar-refractivity contribution in [3.8, 4) is 0 Å². The summed E-state index contributed by atoms with van der Waals surface area (Å²) < 4.78 is 0. The third kappa shape index (κ3) is 2.23. The molecule has 0 fully saturated rings. The van der Waals surface area contributed by atoms with Crippen LogP contribution < -0.4 is 0 Å². The Bertz CT molecular complexity index is 225. The largest absolute Gasteiger partial charge is 0.103 e. The van der Waals surface area contributed by atoms with Gasteiger partial charge >= 0.3 is 0 Å². The molecule has 0 atom stereocenters. The van der Waals surface area contributed by atoms with Crippen molar-refractivity contribution >= 4 is 0 Å². The zero-order valence-corrected chi connectivity index (χ0v) is 7.72. The minimum atomic E-state index is 1.30. The van der Waals surface area contributed by atoms with E-state index in [0.717, 1.165) is 0 Å². The third-order valence-corrected chi connectivity index (χ3v) is 2.01. The fourth-order valence-corrected chi connectivity index (χ4v) is 1.51. The summed E-state index contributed by atoms with van der Waals surface area (Å²) in [7, 11) is 0. The number of allylic oxidation sites excluding steroid dienone is 1. The van der Waals surface area contributed by atoms with Crippen LogP contribution in [-0.2, 0) is 12.8 Å². The number of fused-ring (bicyclic) bond motifs is 1. The molecule has 12 heavy (non-hydrogen) atoms. The van der Waals surface area contributed by atoms with E-state index in [-0.39, 0.29) is 0 Å². The second-order valence-corrected chi connectivity index (χ2v) is 3.03. The summed E-state index contributed by atoms with van der Waals surface area (Å²) in [5, 5.41) is 0. The smallest absolute Gasteiger partial charge is 0.0273 e. The van der Waals surface area contributed by atoms with Crippen LogP contribution in [0.1, 0.15) is 24.5 Å². The first-order valence-electron chi connectivity index (χ1n) is 4.52. The van der Waals surface area contributed by atoms with Gasteiger partial charge in [-0.05, 0) is 37.3 Å². The summed E-state index contributed by atoms with van der Waals surface area (Å²) in [6.45, 7) is 5.25. The van der Waals surface area contributed by atoms with Crippen LogP contribution in [0, 0.1) is 0 Å². The van der Waals surface area contributed by atoms with Gasteiger partial charge in [-0.25, -0.2) is 0 Å². The van der Waals surface area contributed by atoms with Gasteiger partial charge in [-0.1, -0.05) is 30.3 Å². The molecule has 0 saturated carbocycles. The molecule has 0 amide bonds. The lowest BCUT2D eigenvalue weighted by Crippen LogP contribution is -1.77. The third-order valence-electron chi connectivity index (χ3n) is 2.01. The first-order valence-corrected chi connectivity index (χ1v) is 4.52. The Hall–Kier alpha value is -1.04. The summed E-state index contributed by atoms with van der Waals surface area (Å²) in [6.07, 6.45) is 5.71. The molecule has 0 bridgehead atoms. The highest BCUT2D eigenvalue weighted by Gasteiger charge is 2.07. The van der Waals surface area contributed by atoms with Crippen molar-refractivity contribution in [3.63, 3.8) is 0 Å². The van der Waals surface area contributed by atoms with Gasteiger partial charge in [-0.3, -0.25) is 0 Å². The Kier molecular flexibility index (Phi) is 3.59. The van der Waals surface area contributed by atoms with E-state index in [4.69, 9.17) is 0 Å². The van der Waals surface area contributed by atoms with Crippen molar-refractivity contribution in [2.45, 2.75) is 26.2 Å². The Morgan fingerprint density at radius 3 is 2.00 bits per heavy atom. The van der Waals surface area contributed by atoms with Crippen molar-refractivity contribution in [1.82, 2.24) is 0 Å². The quantitative estimate of drug-likeness (QED) is 0.510. The standard InChI is InChI=1S/C9H10.C3H6/c1-2-5-9-7-3-6-8(9)4-1;1-3-2/h1-2,4-5H,3,6-7H2;3H,1H2,2H3. The molecule has 2 rings (SSSR count). The average Bonchev–Trinajstić information content (AvgIpc) is 2.52. The van der Waals surface area contributed by atoms with E-state index >= 15 is 0 Å².